The molecule has 0 fully saturated rings. The van der Waals surface area contributed by atoms with Crippen LogP contribution in [0.3, 0.4) is 0 Å². The molecule has 9 nitrogen and oxygen atoms in total. The molecule has 0 spiro atoms. The molecule has 0 atom stereocenters. The van der Waals surface area contributed by atoms with Crippen LogP contribution in [-0.2, 0) is 9.59 Å². The second kappa shape index (κ2) is 10.8. The summed E-state index contributed by atoms with van der Waals surface area (Å²) >= 11 is 0. The zero-order valence-corrected chi connectivity index (χ0v) is 18.4. The number of carbonyl (C=O) groups is 2. The molecular weight excluding hydrogens is 493 g/mol. The van der Waals surface area contributed by atoms with Crippen LogP contribution in [0.4, 0.5) is 33.3 Å². The number of aromatic nitrogens is 1. The van der Waals surface area contributed by atoms with Gasteiger partial charge in [0.1, 0.15) is 11.4 Å². The van der Waals surface area contributed by atoms with E-state index in [9.17, 15) is 31.5 Å². The lowest BCUT2D eigenvalue weighted by Crippen LogP contribution is -2.40. The maximum atomic E-state index is 13.2. The fraction of sp³-hybridized carbons (Fsp3) is 0.182. The lowest BCUT2D eigenvalue weighted by molar-refractivity contribution is -0.153. The summed E-state index contributed by atoms with van der Waals surface area (Å²) in [5.41, 5.74) is -0.385. The number of allylic oxidation sites excluding steroid dienone is 1. The Hall–Kier alpha value is -4.49. The van der Waals surface area contributed by atoms with Crippen molar-refractivity contribution < 1.29 is 41.0 Å². The van der Waals surface area contributed by atoms with Crippen LogP contribution in [0.5, 0.6) is 11.6 Å². The first-order valence-electron chi connectivity index (χ1n) is 10.0. The number of nitrogens with zero attached hydrogens (tertiary/aromatic N) is 2. The topological polar surface area (TPSA) is 117 Å². The average molecular weight is 511 g/mol. The first kappa shape index (κ1) is 26.1. The van der Waals surface area contributed by atoms with Crippen LogP contribution in [0, 0.1) is 5.41 Å². The van der Waals surface area contributed by atoms with Crippen LogP contribution in [0.15, 0.2) is 65.8 Å². The minimum atomic E-state index is -4.61. The molecule has 1 aromatic heterocycles. The van der Waals surface area contributed by atoms with Crippen LogP contribution >= 0.6 is 0 Å². The van der Waals surface area contributed by atoms with Gasteiger partial charge in [-0.1, -0.05) is 12.1 Å². The van der Waals surface area contributed by atoms with Gasteiger partial charge in [0.15, 0.2) is 6.61 Å². The Morgan fingerprint density at radius 1 is 1.25 bits per heavy atom. The van der Waals surface area contributed by atoms with E-state index in [0.29, 0.717) is 11.9 Å². The van der Waals surface area contributed by atoms with Crippen LogP contribution in [0.2, 0.25) is 0 Å². The van der Waals surface area contributed by atoms with E-state index in [1.165, 1.54) is 43.5 Å². The number of anilines is 2. The summed E-state index contributed by atoms with van der Waals surface area (Å²) in [6.45, 7) is -3.14. The summed E-state index contributed by atoms with van der Waals surface area (Å²) in [6.07, 6.45) is -1.67. The summed E-state index contributed by atoms with van der Waals surface area (Å²) in [6, 6.07) is 7.82. The van der Waals surface area contributed by atoms with E-state index in [0.717, 1.165) is 17.2 Å². The van der Waals surface area contributed by atoms with Gasteiger partial charge in [0, 0.05) is 24.2 Å². The number of pyridine rings is 1. The first-order valence-corrected chi connectivity index (χ1v) is 10.0. The van der Waals surface area contributed by atoms with Crippen LogP contribution in [0.25, 0.3) is 0 Å². The van der Waals surface area contributed by atoms with Crippen LogP contribution in [0.1, 0.15) is 6.92 Å². The van der Waals surface area contributed by atoms with E-state index in [1.807, 2.05) is 0 Å². The van der Waals surface area contributed by atoms with E-state index < -0.39 is 36.8 Å². The molecule has 1 aromatic carbocycles. The predicted octanol–water partition coefficient (Wildman–Crippen LogP) is 3.96. The van der Waals surface area contributed by atoms with Crippen molar-refractivity contribution in [3.8, 4) is 11.6 Å². The first-order chi connectivity index (χ1) is 17.0. The van der Waals surface area contributed by atoms with Gasteiger partial charge in [-0.05, 0) is 25.1 Å². The lowest BCUT2D eigenvalue weighted by Gasteiger charge is -2.29. The molecular formula is C22H18F5N5O4. The van der Waals surface area contributed by atoms with Crippen molar-refractivity contribution in [3.63, 3.8) is 0 Å². The Morgan fingerprint density at radius 2 is 1.97 bits per heavy atom. The number of para-hydroxylation sites is 2. The molecule has 0 saturated carbocycles. The number of halogens is 5. The predicted molar refractivity (Wildman–Crippen MR) is 118 cm³/mol. The molecule has 0 aliphatic carbocycles. The monoisotopic (exact) mass is 511 g/mol. The highest BCUT2D eigenvalue weighted by Crippen LogP contribution is 2.32. The highest BCUT2D eigenvalue weighted by atomic mass is 19.4. The quantitative estimate of drug-likeness (QED) is 0.281. The molecule has 2 amide bonds. The summed E-state index contributed by atoms with van der Waals surface area (Å²) < 4.78 is 71.5. The van der Waals surface area contributed by atoms with Crippen molar-refractivity contribution in [1.82, 2.24) is 10.3 Å². The normalized spacial score (nSPS) is 15.1. The maximum Gasteiger partial charge on any atom is 0.422 e. The third kappa shape index (κ3) is 6.55. The fourth-order valence-electron chi connectivity index (χ4n) is 3.02. The standard InChI is InChI=1S/C22H18F5N5O4/c1-12-10-32(15-4-2-3-5-16(15)35-11-22(25,26)27)20(34)18(30-12)14(8-28)19(33)31-13-6-7-17(29-9-13)36-21(23)24/h2-10,21,28,30H,11H2,1H3,(H,31,33)/b18-14+,28-8?. The molecule has 14 heteroatoms. The highest BCUT2D eigenvalue weighted by molar-refractivity contribution is 6.24. The molecule has 0 saturated heterocycles. The number of amides is 2. The molecule has 1 aliphatic rings. The Bertz CT molecular complexity index is 1210. The van der Waals surface area contributed by atoms with Crippen molar-refractivity contribution >= 4 is 29.4 Å². The summed E-state index contributed by atoms with van der Waals surface area (Å²) in [5, 5.41) is 12.7. The van der Waals surface area contributed by atoms with Crippen LogP contribution < -0.4 is 25.0 Å². The van der Waals surface area contributed by atoms with Gasteiger partial charge in [0.25, 0.3) is 11.8 Å². The Kier molecular flexibility index (Phi) is 7.86. The molecule has 0 unspecified atom stereocenters. The van der Waals surface area contributed by atoms with Crippen molar-refractivity contribution in [3.05, 3.63) is 65.8 Å². The zero-order valence-electron chi connectivity index (χ0n) is 18.4. The second-order valence-corrected chi connectivity index (χ2v) is 7.13. The largest absolute Gasteiger partial charge is 0.482 e. The summed E-state index contributed by atoms with van der Waals surface area (Å²) in [7, 11) is 0. The number of benzene rings is 1. The van der Waals surface area contributed by atoms with Crippen molar-refractivity contribution in [2.24, 2.45) is 0 Å². The highest BCUT2D eigenvalue weighted by Gasteiger charge is 2.32. The maximum absolute atomic E-state index is 13.2. The fourth-order valence-corrected chi connectivity index (χ4v) is 3.02. The Morgan fingerprint density at radius 3 is 2.58 bits per heavy atom. The Labute approximate surface area is 200 Å². The molecule has 0 radical (unpaired) electrons. The molecule has 1 aliphatic heterocycles. The molecule has 2 aromatic rings. The van der Waals surface area contributed by atoms with Gasteiger partial charge in [-0.15, -0.1) is 0 Å². The van der Waals surface area contributed by atoms with E-state index >= 15 is 0 Å². The molecule has 2 heterocycles. The SMILES string of the molecule is CC1=CN(c2ccccc2OCC(F)(F)F)C(=O)/C(=C(/C=N)C(=O)Nc2ccc(OC(F)F)nc2)N1. The molecule has 3 N–H and O–H groups in total. The lowest BCUT2D eigenvalue weighted by atomic mass is 10.1. The number of hydrogen-bond donors (Lipinski definition) is 3. The van der Waals surface area contributed by atoms with Gasteiger partial charge in [0.2, 0.25) is 5.88 Å². The van der Waals surface area contributed by atoms with Crippen molar-refractivity contribution in [2.45, 2.75) is 19.7 Å². The molecule has 190 valence electrons. The van der Waals surface area contributed by atoms with Crippen LogP contribution in [-0.4, -0.2) is 42.4 Å². The second-order valence-electron chi connectivity index (χ2n) is 7.13. The number of hydrogen-bond acceptors (Lipinski definition) is 7. The van der Waals surface area contributed by atoms with Gasteiger partial charge < -0.3 is 25.5 Å². The molecule has 3 rings (SSSR count). The summed E-state index contributed by atoms with van der Waals surface area (Å²) in [4.78, 5) is 30.6. The third-order valence-corrected chi connectivity index (χ3v) is 4.46. The van der Waals surface area contributed by atoms with Gasteiger partial charge in [-0.3, -0.25) is 14.5 Å². The number of ether oxygens (including phenoxy) is 2. The van der Waals surface area contributed by atoms with E-state index in [-0.39, 0.29) is 28.7 Å². The molecule has 36 heavy (non-hydrogen) atoms. The number of nitrogens with one attached hydrogen (secondary N) is 3. The molecule has 0 bridgehead atoms. The van der Waals surface area contributed by atoms with E-state index in [4.69, 9.17) is 10.1 Å². The minimum absolute atomic E-state index is 0.0198. The smallest absolute Gasteiger partial charge is 0.422 e. The third-order valence-electron chi connectivity index (χ3n) is 4.46. The number of alkyl halides is 5. The Balaban J connectivity index is 1.89. The van der Waals surface area contributed by atoms with Gasteiger partial charge in [-0.2, -0.15) is 22.0 Å². The van der Waals surface area contributed by atoms with E-state index in [1.54, 1.807) is 0 Å². The van der Waals surface area contributed by atoms with Gasteiger partial charge >= 0.3 is 12.8 Å². The number of carbonyl (C=O) groups excluding carboxylic acids is 2. The van der Waals surface area contributed by atoms with Gasteiger partial charge in [-0.25, -0.2) is 4.98 Å². The zero-order chi connectivity index (χ0) is 26.5. The average Bonchev–Trinajstić information content (AvgIpc) is 2.81. The minimum Gasteiger partial charge on any atom is -0.482 e. The van der Waals surface area contributed by atoms with Gasteiger partial charge in [0.05, 0.1) is 23.1 Å². The summed E-state index contributed by atoms with van der Waals surface area (Å²) in [5.74, 6) is -2.38. The number of rotatable bonds is 8. The van der Waals surface area contributed by atoms with E-state index in [2.05, 4.69) is 20.4 Å². The van der Waals surface area contributed by atoms with Crippen molar-refractivity contribution in [1.29, 1.82) is 5.41 Å². The van der Waals surface area contributed by atoms with Crippen molar-refractivity contribution in [2.75, 3.05) is 16.8 Å².